The number of hydrogen-bond acceptors (Lipinski definition) is 4. The van der Waals surface area contributed by atoms with Gasteiger partial charge in [0.05, 0.1) is 17.6 Å². The van der Waals surface area contributed by atoms with Gasteiger partial charge in [-0.05, 0) is 12.1 Å². The first-order chi connectivity index (χ1) is 6.19. The van der Waals surface area contributed by atoms with E-state index >= 15 is 0 Å². The molecule has 0 radical (unpaired) electrons. The lowest BCUT2D eigenvalue weighted by Gasteiger charge is -1.91. The zero-order valence-corrected chi connectivity index (χ0v) is 7.89. The van der Waals surface area contributed by atoms with Crippen LogP contribution in [-0.4, -0.2) is 18.9 Å². The highest BCUT2D eigenvalue weighted by atomic mass is 32.1. The first-order valence-corrected chi connectivity index (χ1v) is 4.40. The van der Waals surface area contributed by atoms with Crippen LogP contribution in [0.2, 0.25) is 0 Å². The molecule has 1 aromatic rings. The van der Waals surface area contributed by atoms with E-state index in [0.717, 1.165) is 0 Å². The lowest BCUT2D eigenvalue weighted by atomic mass is 10.2. The van der Waals surface area contributed by atoms with Crippen molar-refractivity contribution in [2.24, 2.45) is 0 Å². The van der Waals surface area contributed by atoms with Crippen LogP contribution in [0.5, 0.6) is 0 Å². The van der Waals surface area contributed by atoms with Gasteiger partial charge in [0.1, 0.15) is 0 Å². The SMILES string of the molecule is C=CC(=O)c1cc(C(=O)OC)cs1. The summed E-state index contributed by atoms with van der Waals surface area (Å²) in [5.41, 5.74) is 0.401. The van der Waals surface area contributed by atoms with E-state index in [9.17, 15) is 9.59 Å². The number of esters is 1. The Balaban J connectivity index is 2.92. The minimum atomic E-state index is -0.431. The number of thiophene rings is 1. The van der Waals surface area contributed by atoms with Crippen LogP contribution in [0.15, 0.2) is 24.1 Å². The van der Waals surface area contributed by atoms with Gasteiger partial charge in [-0.15, -0.1) is 11.3 Å². The number of methoxy groups -OCH3 is 1. The normalized spacial score (nSPS) is 9.31. The molecular weight excluding hydrogens is 188 g/mol. The Kier molecular flexibility index (Phi) is 2.97. The molecule has 0 saturated heterocycles. The monoisotopic (exact) mass is 196 g/mol. The van der Waals surface area contributed by atoms with Crippen molar-refractivity contribution in [2.75, 3.05) is 7.11 Å². The van der Waals surface area contributed by atoms with E-state index in [0.29, 0.717) is 10.4 Å². The van der Waals surface area contributed by atoms with Crippen LogP contribution in [0, 0.1) is 0 Å². The summed E-state index contributed by atoms with van der Waals surface area (Å²) in [6.07, 6.45) is 1.22. The molecule has 0 unspecified atom stereocenters. The van der Waals surface area contributed by atoms with Crippen LogP contribution in [0.3, 0.4) is 0 Å². The standard InChI is InChI=1S/C9H8O3S/c1-3-7(10)8-4-6(5-13-8)9(11)12-2/h3-5H,1H2,2H3. The number of rotatable bonds is 3. The summed E-state index contributed by atoms with van der Waals surface area (Å²) < 4.78 is 4.49. The average Bonchev–Trinajstić information content (AvgIpc) is 2.64. The van der Waals surface area contributed by atoms with Crippen molar-refractivity contribution in [1.29, 1.82) is 0 Å². The molecule has 1 heterocycles. The largest absolute Gasteiger partial charge is 0.465 e. The molecule has 0 aliphatic rings. The number of carbonyl (C=O) groups excluding carboxylic acids is 2. The molecule has 13 heavy (non-hydrogen) atoms. The van der Waals surface area contributed by atoms with Crippen LogP contribution in [0.4, 0.5) is 0 Å². The summed E-state index contributed by atoms with van der Waals surface area (Å²) in [5.74, 6) is -0.612. The predicted molar refractivity (Wildman–Crippen MR) is 50.2 cm³/mol. The van der Waals surface area contributed by atoms with Gasteiger partial charge in [0, 0.05) is 5.38 Å². The summed E-state index contributed by atoms with van der Waals surface area (Å²) in [4.78, 5) is 22.6. The van der Waals surface area contributed by atoms with E-state index in [1.807, 2.05) is 0 Å². The molecule has 1 aromatic heterocycles. The fourth-order valence-corrected chi connectivity index (χ4v) is 1.60. The summed E-state index contributed by atoms with van der Waals surface area (Å²) in [7, 11) is 1.30. The van der Waals surface area contributed by atoms with E-state index < -0.39 is 5.97 Å². The maximum absolute atomic E-state index is 11.1. The molecule has 0 saturated carbocycles. The third-order valence-electron chi connectivity index (χ3n) is 1.45. The summed E-state index contributed by atoms with van der Waals surface area (Å²) in [5, 5.41) is 1.59. The van der Waals surface area contributed by atoms with Gasteiger partial charge in [-0.3, -0.25) is 4.79 Å². The van der Waals surface area contributed by atoms with E-state index in [1.54, 1.807) is 5.38 Å². The molecule has 3 nitrogen and oxygen atoms in total. The van der Waals surface area contributed by atoms with E-state index in [2.05, 4.69) is 11.3 Å². The fraction of sp³-hybridized carbons (Fsp3) is 0.111. The molecule has 0 atom stereocenters. The molecule has 0 fully saturated rings. The molecule has 0 N–H and O–H groups in total. The van der Waals surface area contributed by atoms with Crippen molar-refractivity contribution in [1.82, 2.24) is 0 Å². The Bertz CT molecular complexity index is 351. The molecular formula is C9H8O3S. The van der Waals surface area contributed by atoms with Crippen LogP contribution in [0.25, 0.3) is 0 Å². The minimum absolute atomic E-state index is 0.180. The highest BCUT2D eigenvalue weighted by Gasteiger charge is 2.11. The van der Waals surface area contributed by atoms with Gasteiger partial charge in [-0.25, -0.2) is 4.79 Å². The second-order valence-electron chi connectivity index (χ2n) is 2.26. The quantitative estimate of drug-likeness (QED) is 0.421. The van der Waals surface area contributed by atoms with Gasteiger partial charge in [0.15, 0.2) is 5.78 Å². The third-order valence-corrected chi connectivity index (χ3v) is 2.39. The van der Waals surface area contributed by atoms with Gasteiger partial charge >= 0.3 is 5.97 Å². The first-order valence-electron chi connectivity index (χ1n) is 3.52. The molecule has 0 aromatic carbocycles. The Hall–Kier alpha value is -1.42. The molecule has 0 amide bonds. The molecule has 0 aliphatic carbocycles. The molecule has 0 bridgehead atoms. The Morgan fingerprint density at radius 1 is 1.62 bits per heavy atom. The zero-order chi connectivity index (χ0) is 9.84. The summed E-state index contributed by atoms with van der Waals surface area (Å²) in [6.45, 7) is 3.35. The Labute approximate surface area is 79.6 Å². The third kappa shape index (κ3) is 2.03. The summed E-state index contributed by atoms with van der Waals surface area (Å²) >= 11 is 1.20. The zero-order valence-electron chi connectivity index (χ0n) is 7.07. The van der Waals surface area contributed by atoms with Gasteiger partial charge in [0.25, 0.3) is 0 Å². The van der Waals surface area contributed by atoms with Crippen molar-refractivity contribution < 1.29 is 14.3 Å². The first kappa shape index (κ1) is 9.67. The lowest BCUT2D eigenvalue weighted by molar-refractivity contribution is 0.0601. The van der Waals surface area contributed by atoms with Crippen LogP contribution >= 0.6 is 11.3 Å². The Morgan fingerprint density at radius 2 is 2.31 bits per heavy atom. The van der Waals surface area contributed by atoms with E-state index in [-0.39, 0.29) is 5.78 Å². The summed E-state index contributed by atoms with van der Waals surface area (Å²) in [6, 6.07) is 1.50. The second-order valence-corrected chi connectivity index (χ2v) is 3.17. The van der Waals surface area contributed by atoms with Crippen LogP contribution < -0.4 is 0 Å². The van der Waals surface area contributed by atoms with Crippen LogP contribution in [-0.2, 0) is 4.74 Å². The number of allylic oxidation sites excluding steroid dienone is 1. The van der Waals surface area contributed by atoms with E-state index in [4.69, 9.17) is 0 Å². The molecule has 0 spiro atoms. The average molecular weight is 196 g/mol. The fourth-order valence-electron chi connectivity index (χ4n) is 0.791. The second kappa shape index (κ2) is 4.00. The number of ether oxygens (including phenoxy) is 1. The van der Waals surface area contributed by atoms with Gasteiger partial charge < -0.3 is 4.74 Å². The number of hydrogen-bond donors (Lipinski definition) is 0. The number of ketones is 1. The van der Waals surface area contributed by atoms with Gasteiger partial charge in [0.2, 0.25) is 0 Å². The smallest absolute Gasteiger partial charge is 0.338 e. The highest BCUT2D eigenvalue weighted by molar-refractivity contribution is 7.12. The van der Waals surface area contributed by atoms with Crippen molar-refractivity contribution in [2.45, 2.75) is 0 Å². The predicted octanol–water partition coefficient (Wildman–Crippen LogP) is 1.90. The molecule has 0 aliphatic heterocycles. The van der Waals surface area contributed by atoms with Gasteiger partial charge in [-0.1, -0.05) is 6.58 Å². The molecule has 4 heteroatoms. The maximum Gasteiger partial charge on any atom is 0.338 e. The molecule has 1 rings (SSSR count). The number of carbonyl (C=O) groups is 2. The maximum atomic E-state index is 11.1. The van der Waals surface area contributed by atoms with Crippen molar-refractivity contribution in [3.05, 3.63) is 34.5 Å². The topological polar surface area (TPSA) is 43.4 Å². The lowest BCUT2D eigenvalue weighted by Crippen LogP contribution is -1.98. The van der Waals surface area contributed by atoms with Crippen molar-refractivity contribution in [3.63, 3.8) is 0 Å². The van der Waals surface area contributed by atoms with Crippen molar-refractivity contribution in [3.8, 4) is 0 Å². The molecule has 68 valence electrons. The van der Waals surface area contributed by atoms with Crippen molar-refractivity contribution >= 4 is 23.1 Å². The van der Waals surface area contributed by atoms with Crippen LogP contribution in [0.1, 0.15) is 20.0 Å². The highest BCUT2D eigenvalue weighted by Crippen LogP contribution is 2.16. The Morgan fingerprint density at radius 3 is 2.85 bits per heavy atom. The van der Waals surface area contributed by atoms with E-state index in [1.165, 1.54) is 30.6 Å². The minimum Gasteiger partial charge on any atom is -0.465 e. The van der Waals surface area contributed by atoms with Gasteiger partial charge in [-0.2, -0.15) is 0 Å².